The molecule has 1 saturated heterocycles. The maximum Gasteiger partial charge on any atom is 0.242 e. The van der Waals surface area contributed by atoms with Crippen LogP contribution < -0.4 is 10.6 Å². The molecule has 1 unspecified atom stereocenters. The first-order valence-corrected chi connectivity index (χ1v) is 8.20. The summed E-state index contributed by atoms with van der Waals surface area (Å²) in [6, 6.07) is 6.23. The van der Waals surface area contributed by atoms with Crippen LogP contribution in [0.3, 0.4) is 0 Å². The van der Waals surface area contributed by atoms with Crippen molar-refractivity contribution >= 4 is 21.4 Å². The number of rotatable bonds is 3. The average molecular weight is 282 g/mol. The normalized spacial score (nSPS) is 20.5. The summed E-state index contributed by atoms with van der Waals surface area (Å²) < 4.78 is 22.7. The van der Waals surface area contributed by atoms with E-state index in [-0.39, 0.29) is 16.8 Å². The van der Waals surface area contributed by atoms with Crippen molar-refractivity contribution in [3.63, 3.8) is 0 Å². The summed E-state index contributed by atoms with van der Waals surface area (Å²) in [5.74, 6) is 0.00434. The standard InChI is InChI=1S/C13H18N2O3S/c1-19(17,18)11-7-5-10(6-8-11)15-12-4-2-3-9-14-13(12)16/h5-8,12,15H,2-4,9H2,1H3,(H,14,16). The Morgan fingerprint density at radius 2 is 1.89 bits per heavy atom. The van der Waals surface area contributed by atoms with Crippen molar-refractivity contribution in [3.05, 3.63) is 24.3 Å². The number of nitrogens with one attached hydrogen (secondary N) is 2. The molecule has 0 aromatic heterocycles. The van der Waals surface area contributed by atoms with Crippen molar-refractivity contribution in [1.82, 2.24) is 5.32 Å². The molecule has 0 aliphatic carbocycles. The van der Waals surface area contributed by atoms with Crippen LogP contribution in [-0.2, 0) is 14.6 Å². The molecular weight excluding hydrogens is 264 g/mol. The van der Waals surface area contributed by atoms with Gasteiger partial charge >= 0.3 is 0 Å². The minimum Gasteiger partial charge on any atom is -0.374 e. The van der Waals surface area contributed by atoms with Crippen LogP contribution in [0, 0.1) is 0 Å². The van der Waals surface area contributed by atoms with Crippen molar-refractivity contribution < 1.29 is 13.2 Å². The second-order valence-corrected chi connectivity index (χ2v) is 6.80. The lowest BCUT2D eigenvalue weighted by atomic mass is 10.1. The zero-order chi connectivity index (χ0) is 13.9. The van der Waals surface area contributed by atoms with E-state index in [4.69, 9.17) is 0 Å². The first kappa shape index (κ1) is 13.9. The Kier molecular flexibility index (Phi) is 4.09. The molecule has 1 aromatic rings. The molecule has 1 aromatic carbocycles. The van der Waals surface area contributed by atoms with Crippen molar-refractivity contribution in [3.8, 4) is 0 Å². The molecule has 104 valence electrons. The summed E-state index contributed by atoms with van der Waals surface area (Å²) in [4.78, 5) is 12.1. The molecule has 0 spiro atoms. The van der Waals surface area contributed by atoms with Gasteiger partial charge in [0.1, 0.15) is 6.04 Å². The number of carbonyl (C=O) groups is 1. The van der Waals surface area contributed by atoms with E-state index in [9.17, 15) is 13.2 Å². The van der Waals surface area contributed by atoms with Gasteiger partial charge in [-0.2, -0.15) is 0 Å². The van der Waals surface area contributed by atoms with Gasteiger partial charge in [-0.25, -0.2) is 8.42 Å². The third kappa shape index (κ3) is 3.70. The van der Waals surface area contributed by atoms with Crippen LogP contribution in [0.4, 0.5) is 5.69 Å². The molecule has 0 saturated carbocycles. The number of hydrogen-bond acceptors (Lipinski definition) is 4. The fourth-order valence-electron chi connectivity index (χ4n) is 2.08. The molecule has 1 aliphatic rings. The van der Waals surface area contributed by atoms with Crippen molar-refractivity contribution in [2.24, 2.45) is 0 Å². The highest BCUT2D eigenvalue weighted by molar-refractivity contribution is 7.90. The molecule has 6 heteroatoms. The number of carbonyl (C=O) groups excluding carboxylic acids is 1. The van der Waals surface area contributed by atoms with Gasteiger partial charge < -0.3 is 10.6 Å². The lowest BCUT2D eigenvalue weighted by molar-refractivity contribution is -0.121. The van der Waals surface area contributed by atoms with Crippen LogP contribution >= 0.6 is 0 Å². The van der Waals surface area contributed by atoms with E-state index >= 15 is 0 Å². The number of sulfone groups is 1. The Bertz CT molecular complexity index is 552. The third-order valence-electron chi connectivity index (χ3n) is 3.16. The minimum atomic E-state index is -3.18. The van der Waals surface area contributed by atoms with Gasteiger partial charge in [0, 0.05) is 18.5 Å². The molecule has 2 N–H and O–H groups in total. The monoisotopic (exact) mass is 282 g/mol. The van der Waals surface area contributed by atoms with E-state index in [0.717, 1.165) is 31.5 Å². The maximum atomic E-state index is 11.8. The summed E-state index contributed by atoms with van der Waals surface area (Å²) in [7, 11) is -3.18. The van der Waals surface area contributed by atoms with Crippen LogP contribution in [0.15, 0.2) is 29.2 Å². The van der Waals surface area contributed by atoms with E-state index < -0.39 is 9.84 Å². The number of anilines is 1. The zero-order valence-corrected chi connectivity index (χ0v) is 11.7. The van der Waals surface area contributed by atoms with Crippen molar-refractivity contribution in [2.45, 2.75) is 30.2 Å². The van der Waals surface area contributed by atoms with Gasteiger partial charge in [-0.1, -0.05) is 0 Å². The predicted octanol–water partition coefficient (Wildman–Crippen LogP) is 1.17. The van der Waals surface area contributed by atoms with Gasteiger partial charge in [0.15, 0.2) is 9.84 Å². The third-order valence-corrected chi connectivity index (χ3v) is 4.29. The highest BCUT2D eigenvalue weighted by Gasteiger charge is 2.20. The van der Waals surface area contributed by atoms with Crippen LogP contribution in [-0.4, -0.2) is 33.2 Å². The predicted molar refractivity (Wildman–Crippen MR) is 73.8 cm³/mol. The van der Waals surface area contributed by atoms with E-state index in [1.165, 1.54) is 6.26 Å². The second-order valence-electron chi connectivity index (χ2n) is 4.78. The lowest BCUT2D eigenvalue weighted by Crippen LogP contribution is -2.37. The second kappa shape index (κ2) is 5.61. The summed E-state index contributed by atoms with van der Waals surface area (Å²) in [5, 5.41) is 6.00. The van der Waals surface area contributed by atoms with Crippen LogP contribution in [0.2, 0.25) is 0 Å². The molecule has 1 amide bonds. The van der Waals surface area contributed by atoms with Gasteiger partial charge in [-0.3, -0.25) is 4.79 Å². The largest absolute Gasteiger partial charge is 0.374 e. The Balaban J connectivity index is 2.08. The number of amides is 1. The minimum absolute atomic E-state index is 0.00434. The fraction of sp³-hybridized carbons (Fsp3) is 0.462. The quantitative estimate of drug-likeness (QED) is 0.872. The Morgan fingerprint density at radius 3 is 2.53 bits per heavy atom. The number of benzene rings is 1. The summed E-state index contributed by atoms with van der Waals surface area (Å²) >= 11 is 0. The van der Waals surface area contributed by atoms with Crippen LogP contribution in [0.1, 0.15) is 19.3 Å². The number of hydrogen-bond donors (Lipinski definition) is 2. The van der Waals surface area contributed by atoms with E-state index in [2.05, 4.69) is 10.6 Å². The summed E-state index contributed by atoms with van der Waals surface area (Å²) in [5.41, 5.74) is 0.759. The Labute approximate surface area is 113 Å². The first-order chi connectivity index (χ1) is 8.97. The molecule has 0 radical (unpaired) electrons. The van der Waals surface area contributed by atoms with E-state index in [1.807, 2.05) is 0 Å². The molecule has 1 fully saturated rings. The van der Waals surface area contributed by atoms with Gasteiger partial charge in [0.25, 0.3) is 0 Å². The Morgan fingerprint density at radius 1 is 1.21 bits per heavy atom. The van der Waals surface area contributed by atoms with Gasteiger partial charge in [-0.05, 0) is 43.5 Å². The molecule has 2 rings (SSSR count). The molecule has 1 heterocycles. The van der Waals surface area contributed by atoms with Gasteiger partial charge in [0.05, 0.1) is 4.90 Å². The summed E-state index contributed by atoms with van der Waals surface area (Å²) in [6.07, 6.45) is 3.96. The lowest BCUT2D eigenvalue weighted by Gasteiger charge is -2.16. The van der Waals surface area contributed by atoms with Crippen LogP contribution in [0.25, 0.3) is 0 Å². The SMILES string of the molecule is CS(=O)(=O)c1ccc(NC2CCCCNC2=O)cc1. The fourth-order valence-corrected chi connectivity index (χ4v) is 2.71. The molecule has 19 heavy (non-hydrogen) atoms. The van der Waals surface area contributed by atoms with Gasteiger partial charge in [-0.15, -0.1) is 0 Å². The smallest absolute Gasteiger partial charge is 0.242 e. The molecule has 0 bridgehead atoms. The van der Waals surface area contributed by atoms with Crippen molar-refractivity contribution in [2.75, 3.05) is 18.1 Å². The first-order valence-electron chi connectivity index (χ1n) is 6.31. The highest BCUT2D eigenvalue weighted by atomic mass is 32.2. The van der Waals surface area contributed by atoms with Gasteiger partial charge in [0.2, 0.25) is 5.91 Å². The molecule has 1 aliphatic heterocycles. The van der Waals surface area contributed by atoms with E-state index in [1.54, 1.807) is 24.3 Å². The van der Waals surface area contributed by atoms with Crippen LogP contribution in [0.5, 0.6) is 0 Å². The van der Waals surface area contributed by atoms with Crippen molar-refractivity contribution in [1.29, 1.82) is 0 Å². The highest BCUT2D eigenvalue weighted by Crippen LogP contribution is 2.17. The van der Waals surface area contributed by atoms with E-state index in [0.29, 0.717) is 0 Å². The zero-order valence-electron chi connectivity index (χ0n) is 10.8. The summed E-state index contributed by atoms with van der Waals surface area (Å²) in [6.45, 7) is 0.726. The molecule has 1 atom stereocenters. The molecule has 5 nitrogen and oxygen atoms in total. The topological polar surface area (TPSA) is 75.3 Å². The Hall–Kier alpha value is -1.56. The molecular formula is C13H18N2O3S. The maximum absolute atomic E-state index is 11.8. The average Bonchev–Trinajstić information content (AvgIpc) is 2.55.